The Labute approximate surface area is 180 Å². The summed E-state index contributed by atoms with van der Waals surface area (Å²) in [4.78, 5) is 26.7. The lowest BCUT2D eigenvalue weighted by Crippen LogP contribution is -2.46. The number of carbonyl (C=O) groups excluding carboxylic acids is 2. The molecule has 0 aliphatic rings. The highest BCUT2D eigenvalue weighted by Gasteiger charge is 2.31. The van der Waals surface area contributed by atoms with Gasteiger partial charge in [0, 0.05) is 19.5 Å². The lowest BCUT2D eigenvalue weighted by molar-refractivity contribution is -0.163. The number of hydrogen-bond acceptors (Lipinski definition) is 7. The molecule has 1 unspecified atom stereocenters. The van der Waals surface area contributed by atoms with Crippen LogP contribution in [0.1, 0.15) is 31.9 Å². The Morgan fingerprint density at radius 3 is 2.10 bits per heavy atom. The van der Waals surface area contributed by atoms with E-state index in [-0.39, 0.29) is 29.4 Å². The van der Waals surface area contributed by atoms with Crippen molar-refractivity contribution in [1.82, 2.24) is 4.90 Å². The van der Waals surface area contributed by atoms with Gasteiger partial charge in [0.15, 0.2) is 23.0 Å². The number of hydrogen-bond donors (Lipinski definition) is 4. The van der Waals surface area contributed by atoms with Gasteiger partial charge in [0.1, 0.15) is 11.6 Å². The van der Waals surface area contributed by atoms with Gasteiger partial charge in [-0.25, -0.2) is 4.79 Å². The Balaban J connectivity index is 2.26. The normalized spacial score (nSPS) is 12.5. The molecule has 0 saturated carbocycles. The van der Waals surface area contributed by atoms with Crippen molar-refractivity contribution in [3.05, 3.63) is 53.6 Å². The Hall–Kier alpha value is -3.68. The summed E-state index contributed by atoms with van der Waals surface area (Å²) < 4.78 is 5.46. The minimum atomic E-state index is -0.992. The van der Waals surface area contributed by atoms with Gasteiger partial charge in [0.2, 0.25) is 5.91 Å². The highest BCUT2D eigenvalue weighted by molar-refractivity contribution is 5.94. The maximum atomic E-state index is 12.8. The Morgan fingerprint density at radius 1 is 0.968 bits per heavy atom. The zero-order valence-corrected chi connectivity index (χ0v) is 17.9. The maximum Gasteiger partial charge on any atom is 0.329 e. The lowest BCUT2D eigenvalue weighted by atomic mass is 10.0. The molecule has 0 radical (unpaired) electrons. The molecule has 2 aromatic rings. The van der Waals surface area contributed by atoms with E-state index in [4.69, 9.17) is 4.74 Å². The number of rotatable bonds is 6. The van der Waals surface area contributed by atoms with Crippen LogP contribution in [0.5, 0.6) is 23.0 Å². The van der Waals surface area contributed by atoms with Gasteiger partial charge < -0.3 is 30.1 Å². The summed E-state index contributed by atoms with van der Waals surface area (Å²) in [5.74, 6) is -2.33. The van der Waals surface area contributed by atoms with Crippen molar-refractivity contribution < 1.29 is 34.8 Å². The number of phenols is 4. The summed E-state index contributed by atoms with van der Waals surface area (Å²) in [5, 5.41) is 38.2. The van der Waals surface area contributed by atoms with Gasteiger partial charge in [-0.1, -0.05) is 12.1 Å². The molecule has 2 rings (SSSR count). The minimum absolute atomic E-state index is 0.0544. The van der Waals surface area contributed by atoms with Gasteiger partial charge in [0.25, 0.3) is 0 Å². The number of amides is 1. The Morgan fingerprint density at radius 2 is 1.55 bits per heavy atom. The van der Waals surface area contributed by atoms with Crippen LogP contribution < -0.4 is 0 Å². The first kappa shape index (κ1) is 23.6. The second kappa shape index (κ2) is 9.42. The fourth-order valence-corrected chi connectivity index (χ4v) is 2.75. The molecule has 0 heterocycles. The highest BCUT2D eigenvalue weighted by Crippen LogP contribution is 2.27. The summed E-state index contributed by atoms with van der Waals surface area (Å²) in [6.07, 6.45) is 2.73. The largest absolute Gasteiger partial charge is 0.504 e. The number of ether oxygens (including phenoxy) is 1. The van der Waals surface area contributed by atoms with Crippen LogP contribution in [-0.4, -0.2) is 55.9 Å². The van der Waals surface area contributed by atoms with E-state index in [0.717, 1.165) is 0 Å². The highest BCUT2D eigenvalue weighted by atomic mass is 16.6. The van der Waals surface area contributed by atoms with Crippen molar-refractivity contribution in [2.75, 3.05) is 7.05 Å². The van der Waals surface area contributed by atoms with Crippen molar-refractivity contribution in [2.45, 2.75) is 38.8 Å². The third-order valence-electron chi connectivity index (χ3n) is 4.38. The Bertz CT molecular complexity index is 992. The number of aromatic hydroxyl groups is 4. The average Bonchev–Trinajstić information content (AvgIpc) is 2.67. The van der Waals surface area contributed by atoms with Crippen LogP contribution in [0.3, 0.4) is 0 Å². The molecule has 0 aliphatic heterocycles. The number of benzene rings is 2. The van der Waals surface area contributed by atoms with E-state index in [9.17, 15) is 30.0 Å². The van der Waals surface area contributed by atoms with Crippen LogP contribution in [0.2, 0.25) is 0 Å². The van der Waals surface area contributed by atoms with Crippen molar-refractivity contribution in [3.8, 4) is 23.0 Å². The van der Waals surface area contributed by atoms with Crippen LogP contribution in [-0.2, 0) is 20.7 Å². The first-order valence-electron chi connectivity index (χ1n) is 9.58. The number of carbonyl (C=O) groups is 2. The van der Waals surface area contributed by atoms with Crippen molar-refractivity contribution >= 4 is 18.0 Å². The quantitative estimate of drug-likeness (QED) is 0.316. The van der Waals surface area contributed by atoms with Crippen LogP contribution in [0.15, 0.2) is 42.5 Å². The first-order valence-corrected chi connectivity index (χ1v) is 9.58. The first-order chi connectivity index (χ1) is 14.4. The number of esters is 1. The third kappa shape index (κ3) is 6.67. The predicted molar refractivity (Wildman–Crippen MR) is 115 cm³/mol. The molecule has 1 amide bonds. The molecule has 166 valence electrons. The molecule has 8 heteroatoms. The summed E-state index contributed by atoms with van der Waals surface area (Å²) in [6, 6.07) is 7.28. The minimum Gasteiger partial charge on any atom is -0.504 e. The second-order valence-corrected chi connectivity index (χ2v) is 8.11. The van der Waals surface area contributed by atoms with Gasteiger partial charge in [-0.3, -0.25) is 4.79 Å². The molecule has 1 atom stereocenters. The molecule has 31 heavy (non-hydrogen) atoms. The molecule has 0 aromatic heterocycles. The summed E-state index contributed by atoms with van der Waals surface area (Å²) in [5.41, 5.74) is 0.239. The van der Waals surface area contributed by atoms with Crippen LogP contribution in [0.4, 0.5) is 0 Å². The van der Waals surface area contributed by atoms with Crippen molar-refractivity contribution in [3.63, 3.8) is 0 Å². The van der Waals surface area contributed by atoms with E-state index in [1.165, 1.54) is 54.4 Å². The monoisotopic (exact) mass is 429 g/mol. The fourth-order valence-electron chi connectivity index (χ4n) is 2.75. The number of nitrogens with zero attached hydrogens (tertiary/aromatic N) is 1. The molecule has 0 bridgehead atoms. The number of likely N-dealkylation sites (N-methyl/N-ethyl adjacent to an activating group) is 1. The lowest BCUT2D eigenvalue weighted by Gasteiger charge is -2.29. The van der Waals surface area contributed by atoms with E-state index in [0.29, 0.717) is 11.1 Å². The SMILES string of the molecule is CN(C(=O)C=Cc1ccc(O)c(O)c1)C(Cc1ccc(O)c(O)c1)C(=O)OC(C)(C)C. The van der Waals surface area contributed by atoms with Gasteiger partial charge in [0.05, 0.1) is 0 Å². The van der Waals surface area contributed by atoms with E-state index in [1.54, 1.807) is 26.8 Å². The summed E-state index contributed by atoms with van der Waals surface area (Å²) in [6.45, 7) is 5.15. The molecule has 0 aliphatic carbocycles. The molecule has 0 spiro atoms. The summed E-state index contributed by atoms with van der Waals surface area (Å²) in [7, 11) is 1.45. The standard InChI is InChI=1S/C23H27NO7/c1-23(2,3)31-22(30)16(11-15-6-9-18(26)20(28)13-15)24(4)21(29)10-7-14-5-8-17(25)19(27)12-14/h5-10,12-13,16,25-28H,11H2,1-4H3. The van der Waals surface area contributed by atoms with E-state index < -0.39 is 23.5 Å². The van der Waals surface area contributed by atoms with E-state index in [2.05, 4.69) is 0 Å². The molecule has 2 aromatic carbocycles. The van der Waals surface area contributed by atoms with Crippen LogP contribution in [0, 0.1) is 0 Å². The van der Waals surface area contributed by atoms with Gasteiger partial charge in [-0.15, -0.1) is 0 Å². The van der Waals surface area contributed by atoms with Gasteiger partial charge in [-0.2, -0.15) is 0 Å². The molecular weight excluding hydrogens is 402 g/mol. The molecule has 8 nitrogen and oxygen atoms in total. The van der Waals surface area contributed by atoms with Crippen LogP contribution in [0.25, 0.3) is 6.08 Å². The Kier molecular flexibility index (Phi) is 7.17. The zero-order chi connectivity index (χ0) is 23.3. The molecule has 4 N–H and O–H groups in total. The maximum absolute atomic E-state index is 12.8. The smallest absolute Gasteiger partial charge is 0.329 e. The van der Waals surface area contributed by atoms with E-state index >= 15 is 0 Å². The predicted octanol–water partition coefficient (Wildman–Crippen LogP) is 2.93. The van der Waals surface area contributed by atoms with Gasteiger partial charge >= 0.3 is 5.97 Å². The third-order valence-corrected chi connectivity index (χ3v) is 4.38. The van der Waals surface area contributed by atoms with Crippen molar-refractivity contribution in [2.24, 2.45) is 0 Å². The molecular formula is C23H27NO7. The molecule has 0 saturated heterocycles. The van der Waals surface area contributed by atoms with Gasteiger partial charge in [-0.05, 0) is 62.2 Å². The van der Waals surface area contributed by atoms with Crippen LogP contribution >= 0.6 is 0 Å². The van der Waals surface area contributed by atoms with E-state index in [1.807, 2.05) is 0 Å². The zero-order valence-electron chi connectivity index (χ0n) is 17.9. The molecule has 0 fully saturated rings. The van der Waals surface area contributed by atoms with Crippen molar-refractivity contribution in [1.29, 1.82) is 0 Å². The fraction of sp³-hybridized carbons (Fsp3) is 0.304. The second-order valence-electron chi connectivity index (χ2n) is 8.11. The number of phenolic OH excluding ortho intramolecular Hbond substituents is 4. The average molecular weight is 429 g/mol. The topological polar surface area (TPSA) is 128 Å². The summed E-state index contributed by atoms with van der Waals surface area (Å²) >= 11 is 0.